The molecular weight excluding hydrogens is 440 g/mol. The first-order valence-corrected chi connectivity index (χ1v) is 10.9. The predicted molar refractivity (Wildman–Crippen MR) is 135 cm³/mol. The molecule has 0 bridgehead atoms. The number of rotatable bonds is 6. The lowest BCUT2D eigenvalue weighted by atomic mass is 10.0. The maximum absolute atomic E-state index is 13.1. The lowest BCUT2D eigenvalue weighted by molar-refractivity contribution is 0.103. The molecule has 35 heavy (non-hydrogen) atoms. The van der Waals surface area contributed by atoms with Crippen LogP contribution in [0.15, 0.2) is 97.2 Å². The summed E-state index contributed by atoms with van der Waals surface area (Å²) in [6, 6.07) is 26.6. The highest BCUT2D eigenvalue weighted by Crippen LogP contribution is 2.22. The standard InChI is InChI=1S/C28H20N4O3/c33-27(19-7-6-9-22(17-19)30-28(34)35-23-10-2-1-3-11-23)20-12-14-24-25(31-32-26(24)18-20)15-13-21-8-4-5-16-29-21/h1-18H,(H,30,34)(H,31,32)/b15-13+. The molecule has 7 heteroatoms. The Labute approximate surface area is 201 Å². The summed E-state index contributed by atoms with van der Waals surface area (Å²) in [6.45, 7) is 0. The molecule has 2 aromatic heterocycles. The summed E-state index contributed by atoms with van der Waals surface area (Å²) in [6.07, 6.45) is 4.87. The molecule has 0 unspecified atom stereocenters. The molecule has 1 amide bonds. The number of anilines is 1. The highest BCUT2D eigenvalue weighted by Gasteiger charge is 2.13. The second kappa shape index (κ2) is 9.84. The Balaban J connectivity index is 1.32. The normalized spacial score (nSPS) is 11.0. The molecule has 0 spiro atoms. The van der Waals surface area contributed by atoms with E-state index in [1.807, 2.05) is 42.5 Å². The number of para-hydroxylation sites is 1. The van der Waals surface area contributed by atoms with Crippen LogP contribution in [0.2, 0.25) is 0 Å². The summed E-state index contributed by atoms with van der Waals surface area (Å²) in [5, 5.41) is 10.9. The number of fused-ring (bicyclic) bond motifs is 1. The minimum Gasteiger partial charge on any atom is -0.410 e. The average molecular weight is 460 g/mol. The number of amides is 1. The first-order chi connectivity index (χ1) is 17.2. The molecule has 2 heterocycles. The lowest BCUT2D eigenvalue weighted by Crippen LogP contribution is -2.17. The molecule has 5 aromatic rings. The van der Waals surface area contributed by atoms with Crippen LogP contribution in [-0.2, 0) is 0 Å². The van der Waals surface area contributed by atoms with Crippen molar-refractivity contribution in [2.75, 3.05) is 5.32 Å². The number of hydrogen-bond acceptors (Lipinski definition) is 5. The molecule has 0 aliphatic rings. The predicted octanol–water partition coefficient (Wildman–Crippen LogP) is 5.97. The first kappa shape index (κ1) is 21.8. The lowest BCUT2D eigenvalue weighted by Gasteiger charge is -2.08. The van der Waals surface area contributed by atoms with Gasteiger partial charge in [-0.05, 0) is 60.7 Å². The Morgan fingerprint density at radius 2 is 1.66 bits per heavy atom. The Hall–Kier alpha value is -5.04. The number of aromatic amines is 1. The Morgan fingerprint density at radius 1 is 0.829 bits per heavy atom. The number of ether oxygens (including phenoxy) is 1. The van der Waals surface area contributed by atoms with Crippen molar-refractivity contribution < 1.29 is 14.3 Å². The van der Waals surface area contributed by atoms with E-state index in [9.17, 15) is 9.59 Å². The van der Waals surface area contributed by atoms with Crippen molar-refractivity contribution in [3.05, 3.63) is 120 Å². The van der Waals surface area contributed by atoms with Crippen LogP contribution in [0.3, 0.4) is 0 Å². The number of ketones is 1. The van der Waals surface area contributed by atoms with Crippen LogP contribution in [-0.4, -0.2) is 27.1 Å². The van der Waals surface area contributed by atoms with E-state index in [1.54, 1.807) is 66.9 Å². The van der Waals surface area contributed by atoms with E-state index in [0.29, 0.717) is 22.6 Å². The zero-order valence-electron chi connectivity index (χ0n) is 18.5. The number of nitrogens with zero attached hydrogens (tertiary/aromatic N) is 2. The van der Waals surface area contributed by atoms with Crippen molar-refractivity contribution in [2.24, 2.45) is 0 Å². The molecule has 3 aromatic carbocycles. The van der Waals surface area contributed by atoms with Crippen molar-refractivity contribution in [3.8, 4) is 5.75 Å². The van der Waals surface area contributed by atoms with Gasteiger partial charge in [0.25, 0.3) is 0 Å². The average Bonchev–Trinajstić information content (AvgIpc) is 3.30. The van der Waals surface area contributed by atoms with Crippen LogP contribution in [0.5, 0.6) is 5.75 Å². The third-order valence-electron chi connectivity index (χ3n) is 5.28. The van der Waals surface area contributed by atoms with Gasteiger partial charge in [-0.1, -0.05) is 42.5 Å². The summed E-state index contributed by atoms with van der Waals surface area (Å²) in [4.78, 5) is 29.6. The number of carbonyl (C=O) groups is 2. The molecule has 7 nitrogen and oxygen atoms in total. The zero-order chi connectivity index (χ0) is 24.0. The fourth-order valence-corrected chi connectivity index (χ4v) is 3.59. The van der Waals surface area contributed by atoms with Crippen LogP contribution in [0.4, 0.5) is 10.5 Å². The molecule has 0 fully saturated rings. The number of H-pyrrole nitrogens is 1. The Bertz CT molecular complexity index is 1530. The van der Waals surface area contributed by atoms with Crippen molar-refractivity contribution in [2.45, 2.75) is 0 Å². The SMILES string of the molecule is O=C(Nc1cccc(C(=O)c2ccc3c(/C=C/c4ccccn4)n[nH]c3c2)c1)Oc1ccccc1. The number of benzene rings is 3. The fraction of sp³-hybridized carbons (Fsp3) is 0. The summed E-state index contributed by atoms with van der Waals surface area (Å²) in [7, 11) is 0. The van der Waals surface area contributed by atoms with Crippen molar-refractivity contribution >= 4 is 40.6 Å². The van der Waals surface area contributed by atoms with Crippen LogP contribution in [0.1, 0.15) is 27.3 Å². The topological polar surface area (TPSA) is 97.0 Å². The zero-order valence-corrected chi connectivity index (χ0v) is 18.5. The molecule has 170 valence electrons. The van der Waals surface area contributed by atoms with E-state index < -0.39 is 6.09 Å². The number of pyridine rings is 1. The van der Waals surface area contributed by atoms with Gasteiger partial charge in [-0.15, -0.1) is 0 Å². The van der Waals surface area contributed by atoms with Crippen LogP contribution in [0, 0.1) is 0 Å². The van der Waals surface area contributed by atoms with E-state index in [2.05, 4.69) is 20.5 Å². The maximum Gasteiger partial charge on any atom is 0.417 e. The first-order valence-electron chi connectivity index (χ1n) is 10.9. The highest BCUT2D eigenvalue weighted by atomic mass is 16.6. The van der Waals surface area contributed by atoms with Crippen LogP contribution in [0.25, 0.3) is 23.1 Å². The van der Waals surface area contributed by atoms with Gasteiger partial charge in [0.15, 0.2) is 5.78 Å². The van der Waals surface area contributed by atoms with Gasteiger partial charge >= 0.3 is 6.09 Å². The van der Waals surface area contributed by atoms with Gasteiger partial charge in [0.1, 0.15) is 5.75 Å². The summed E-state index contributed by atoms with van der Waals surface area (Å²) in [5.41, 5.74) is 3.74. The molecule has 0 saturated heterocycles. The smallest absolute Gasteiger partial charge is 0.410 e. The minimum absolute atomic E-state index is 0.174. The second-order valence-corrected chi connectivity index (χ2v) is 7.69. The van der Waals surface area contributed by atoms with E-state index in [1.165, 1.54) is 0 Å². The maximum atomic E-state index is 13.1. The Morgan fingerprint density at radius 3 is 2.49 bits per heavy atom. The second-order valence-electron chi connectivity index (χ2n) is 7.69. The summed E-state index contributed by atoms with van der Waals surface area (Å²) in [5.74, 6) is 0.256. The van der Waals surface area contributed by atoms with Gasteiger partial charge in [-0.3, -0.25) is 20.2 Å². The molecular formula is C28H20N4O3. The van der Waals surface area contributed by atoms with E-state index in [-0.39, 0.29) is 5.78 Å². The van der Waals surface area contributed by atoms with Crippen molar-refractivity contribution in [1.82, 2.24) is 15.2 Å². The molecule has 0 radical (unpaired) electrons. The fourth-order valence-electron chi connectivity index (χ4n) is 3.59. The summed E-state index contributed by atoms with van der Waals surface area (Å²) >= 11 is 0. The number of nitrogens with one attached hydrogen (secondary N) is 2. The third kappa shape index (κ3) is 5.15. The van der Waals surface area contributed by atoms with Gasteiger partial charge in [0.2, 0.25) is 0 Å². The van der Waals surface area contributed by atoms with Gasteiger partial charge in [-0.2, -0.15) is 5.10 Å². The largest absolute Gasteiger partial charge is 0.417 e. The molecule has 0 atom stereocenters. The van der Waals surface area contributed by atoms with Crippen LogP contribution >= 0.6 is 0 Å². The van der Waals surface area contributed by atoms with Crippen molar-refractivity contribution in [1.29, 1.82) is 0 Å². The monoisotopic (exact) mass is 460 g/mol. The Kier molecular flexibility index (Phi) is 6.13. The molecule has 5 rings (SSSR count). The quantitative estimate of drug-likeness (QED) is 0.304. The summed E-state index contributed by atoms with van der Waals surface area (Å²) < 4.78 is 5.25. The number of carbonyl (C=O) groups excluding carboxylic acids is 2. The van der Waals surface area contributed by atoms with Crippen LogP contribution < -0.4 is 10.1 Å². The van der Waals surface area contributed by atoms with Crippen molar-refractivity contribution in [3.63, 3.8) is 0 Å². The van der Waals surface area contributed by atoms with Gasteiger partial charge in [-0.25, -0.2) is 4.79 Å². The van der Waals surface area contributed by atoms with Gasteiger partial charge in [0, 0.05) is 28.4 Å². The van der Waals surface area contributed by atoms with Gasteiger partial charge < -0.3 is 4.74 Å². The number of hydrogen-bond donors (Lipinski definition) is 2. The van der Waals surface area contributed by atoms with E-state index in [0.717, 1.165) is 22.3 Å². The minimum atomic E-state index is -0.633. The van der Waals surface area contributed by atoms with E-state index in [4.69, 9.17) is 4.74 Å². The molecule has 2 N–H and O–H groups in total. The molecule has 0 saturated carbocycles. The highest BCUT2D eigenvalue weighted by molar-refractivity contribution is 6.11. The van der Waals surface area contributed by atoms with E-state index >= 15 is 0 Å². The third-order valence-corrected chi connectivity index (χ3v) is 5.28. The molecule has 0 aliphatic carbocycles. The van der Waals surface area contributed by atoms with Gasteiger partial charge in [0.05, 0.1) is 16.9 Å². The molecule has 0 aliphatic heterocycles. The number of aromatic nitrogens is 3.